The number of piperazine rings is 1. The number of esters is 1. The van der Waals surface area contributed by atoms with Crippen LogP contribution in [0.4, 0.5) is 10.1 Å². The number of hydrogen-bond donors (Lipinski definition) is 0. The normalized spacial score (nSPS) is 19.7. The molecule has 10 heteroatoms. The summed E-state index contributed by atoms with van der Waals surface area (Å²) >= 11 is 0. The van der Waals surface area contributed by atoms with Crippen LogP contribution in [0, 0.1) is 5.82 Å². The molecule has 3 aromatic rings. The van der Waals surface area contributed by atoms with Gasteiger partial charge < -0.3 is 14.4 Å². The van der Waals surface area contributed by atoms with Crippen molar-refractivity contribution in [1.82, 2.24) is 24.6 Å². The summed E-state index contributed by atoms with van der Waals surface area (Å²) in [6, 6.07) is 8.73. The molecule has 1 aliphatic carbocycles. The van der Waals surface area contributed by atoms with Crippen LogP contribution in [0.1, 0.15) is 54.2 Å². The fourth-order valence-corrected chi connectivity index (χ4v) is 6.36. The van der Waals surface area contributed by atoms with Gasteiger partial charge in [0.1, 0.15) is 5.82 Å². The van der Waals surface area contributed by atoms with Gasteiger partial charge in [0.25, 0.3) is 0 Å². The molecule has 2 aromatic heterocycles. The van der Waals surface area contributed by atoms with Crippen LogP contribution in [0.25, 0.3) is 16.7 Å². The summed E-state index contributed by atoms with van der Waals surface area (Å²) in [4.78, 5) is 25.0. The highest BCUT2D eigenvalue weighted by Crippen LogP contribution is 2.43. The average Bonchev–Trinajstić information content (AvgIpc) is 3.34. The summed E-state index contributed by atoms with van der Waals surface area (Å²) in [6.45, 7) is 7.95. The van der Waals surface area contributed by atoms with Gasteiger partial charge >= 0.3 is 5.97 Å². The van der Waals surface area contributed by atoms with Crippen molar-refractivity contribution in [3.63, 3.8) is 0 Å². The molecule has 0 N–H and O–H groups in total. The molecule has 214 valence electrons. The number of benzene rings is 1. The molecule has 1 aromatic carbocycles. The highest BCUT2D eigenvalue weighted by molar-refractivity contribution is 5.99. The van der Waals surface area contributed by atoms with Gasteiger partial charge in [-0.3, -0.25) is 9.80 Å². The highest BCUT2D eigenvalue weighted by atomic mass is 19.1. The third-order valence-electron chi connectivity index (χ3n) is 8.94. The van der Waals surface area contributed by atoms with E-state index in [0.717, 1.165) is 101 Å². The molecule has 4 heterocycles. The molecule has 0 unspecified atom stereocenters. The van der Waals surface area contributed by atoms with Crippen LogP contribution in [-0.4, -0.2) is 103 Å². The van der Waals surface area contributed by atoms with Crippen LogP contribution in [-0.2, 0) is 9.47 Å². The third kappa shape index (κ3) is 5.32. The SMILES string of the molecule is COCCN1CCN(C2CCN(c3cc(C(=O)OC)nc4c3c(C3CCC3)nn4-c3ccc(F)cc3)CC2)CC1. The zero-order chi connectivity index (χ0) is 27.6. The third-order valence-corrected chi connectivity index (χ3v) is 8.94. The molecule has 2 aliphatic heterocycles. The predicted octanol–water partition coefficient (Wildman–Crippen LogP) is 3.85. The van der Waals surface area contributed by atoms with Crippen LogP contribution >= 0.6 is 0 Å². The standard InChI is InChI=1S/C30H39FN6O3/c1-39-19-18-34-14-16-35(17-15-34)23-10-12-36(13-11-23)26-20-25(30(38)40-2)32-29-27(26)28(21-4-3-5-21)33-37(29)24-8-6-22(31)7-9-24/h6-9,20-21,23H,3-5,10-19H2,1-2H3. The van der Waals surface area contributed by atoms with Crippen LogP contribution in [0.5, 0.6) is 0 Å². The van der Waals surface area contributed by atoms with Crippen molar-refractivity contribution >= 4 is 22.7 Å². The maximum absolute atomic E-state index is 13.7. The minimum atomic E-state index is -0.471. The molecular formula is C30H39FN6O3. The number of nitrogens with zero attached hydrogens (tertiary/aromatic N) is 6. The number of ether oxygens (including phenoxy) is 2. The Balaban J connectivity index is 1.30. The summed E-state index contributed by atoms with van der Waals surface area (Å²) in [7, 11) is 3.14. The summed E-state index contributed by atoms with van der Waals surface area (Å²) in [6.07, 6.45) is 5.50. The molecule has 6 rings (SSSR count). The Morgan fingerprint density at radius 1 is 1.00 bits per heavy atom. The first-order chi connectivity index (χ1) is 19.6. The van der Waals surface area contributed by atoms with Crippen molar-refractivity contribution in [3.05, 3.63) is 47.5 Å². The van der Waals surface area contributed by atoms with Gasteiger partial charge in [0.05, 0.1) is 36.2 Å². The van der Waals surface area contributed by atoms with Crippen molar-refractivity contribution in [1.29, 1.82) is 0 Å². The van der Waals surface area contributed by atoms with E-state index in [4.69, 9.17) is 19.6 Å². The molecule has 0 radical (unpaired) electrons. The molecule has 0 amide bonds. The van der Waals surface area contributed by atoms with Gasteiger partial charge in [-0.25, -0.2) is 18.9 Å². The van der Waals surface area contributed by atoms with Gasteiger partial charge in [-0.1, -0.05) is 6.42 Å². The zero-order valence-electron chi connectivity index (χ0n) is 23.5. The maximum atomic E-state index is 13.7. The van der Waals surface area contributed by atoms with E-state index in [0.29, 0.717) is 17.6 Å². The molecule has 0 bridgehead atoms. The number of hydrogen-bond acceptors (Lipinski definition) is 8. The van der Waals surface area contributed by atoms with E-state index in [2.05, 4.69) is 14.7 Å². The summed E-state index contributed by atoms with van der Waals surface area (Å²) in [5.74, 6) is -0.412. The molecule has 0 spiro atoms. The van der Waals surface area contributed by atoms with Crippen molar-refractivity contribution in [2.45, 2.75) is 44.1 Å². The number of pyridine rings is 1. The highest BCUT2D eigenvalue weighted by Gasteiger charge is 2.33. The van der Waals surface area contributed by atoms with E-state index in [9.17, 15) is 9.18 Å². The van der Waals surface area contributed by atoms with E-state index in [-0.39, 0.29) is 11.5 Å². The molecule has 40 heavy (non-hydrogen) atoms. The summed E-state index contributed by atoms with van der Waals surface area (Å²) < 4.78 is 25.9. The van der Waals surface area contributed by atoms with Crippen LogP contribution in [0.2, 0.25) is 0 Å². The van der Waals surface area contributed by atoms with Gasteiger partial charge in [0, 0.05) is 64.9 Å². The minimum absolute atomic E-state index is 0.266. The second kappa shape index (κ2) is 11.8. The molecule has 3 fully saturated rings. The summed E-state index contributed by atoms with van der Waals surface area (Å²) in [5.41, 5.74) is 3.64. The molecule has 3 aliphatic rings. The fraction of sp³-hybridized carbons (Fsp3) is 0.567. The number of fused-ring (bicyclic) bond motifs is 1. The number of carbonyl (C=O) groups excluding carboxylic acids is 1. The lowest BCUT2D eigenvalue weighted by molar-refractivity contribution is 0.0594. The lowest BCUT2D eigenvalue weighted by Crippen LogP contribution is -2.53. The molecule has 2 saturated heterocycles. The first-order valence-corrected chi connectivity index (χ1v) is 14.5. The Bertz CT molecular complexity index is 1330. The number of aromatic nitrogens is 3. The number of piperidine rings is 1. The van der Waals surface area contributed by atoms with Gasteiger partial charge in [0.15, 0.2) is 11.3 Å². The van der Waals surface area contributed by atoms with Crippen molar-refractivity contribution in [2.75, 3.05) is 71.5 Å². The monoisotopic (exact) mass is 550 g/mol. The number of anilines is 1. The Labute approximate surface area is 234 Å². The number of halogens is 1. The van der Waals surface area contributed by atoms with Crippen LogP contribution in [0.3, 0.4) is 0 Å². The number of carbonyl (C=O) groups is 1. The van der Waals surface area contributed by atoms with Crippen molar-refractivity contribution in [3.8, 4) is 5.69 Å². The topological polar surface area (TPSA) is 76.0 Å². The van der Waals surface area contributed by atoms with Gasteiger partial charge in [-0.2, -0.15) is 5.10 Å². The predicted molar refractivity (Wildman–Crippen MR) is 152 cm³/mol. The number of rotatable bonds is 8. The van der Waals surface area contributed by atoms with E-state index in [1.165, 1.54) is 25.7 Å². The first-order valence-electron chi connectivity index (χ1n) is 14.5. The van der Waals surface area contributed by atoms with Gasteiger partial charge in [-0.15, -0.1) is 0 Å². The van der Waals surface area contributed by atoms with Crippen LogP contribution in [0.15, 0.2) is 30.3 Å². The molecule has 1 saturated carbocycles. The fourth-order valence-electron chi connectivity index (χ4n) is 6.36. The van der Waals surface area contributed by atoms with Crippen molar-refractivity contribution in [2.24, 2.45) is 0 Å². The zero-order valence-corrected chi connectivity index (χ0v) is 23.5. The molecule has 9 nitrogen and oxygen atoms in total. The Kier molecular flexibility index (Phi) is 8.00. The van der Waals surface area contributed by atoms with Crippen molar-refractivity contribution < 1.29 is 18.7 Å². The number of methoxy groups -OCH3 is 2. The Hall–Kier alpha value is -3.08. The molecular weight excluding hydrogens is 511 g/mol. The quantitative estimate of drug-likeness (QED) is 0.392. The van der Waals surface area contributed by atoms with E-state index in [1.54, 1.807) is 23.9 Å². The summed E-state index contributed by atoms with van der Waals surface area (Å²) in [5, 5.41) is 6.05. The van der Waals surface area contributed by atoms with E-state index < -0.39 is 5.97 Å². The smallest absolute Gasteiger partial charge is 0.356 e. The lowest BCUT2D eigenvalue weighted by atomic mass is 9.82. The lowest BCUT2D eigenvalue weighted by Gasteiger charge is -2.43. The average molecular weight is 551 g/mol. The Morgan fingerprint density at radius 2 is 1.73 bits per heavy atom. The Morgan fingerprint density at radius 3 is 2.35 bits per heavy atom. The second-order valence-corrected chi connectivity index (χ2v) is 11.2. The van der Waals surface area contributed by atoms with Gasteiger partial charge in [-0.05, 0) is 56.0 Å². The molecule has 0 atom stereocenters. The second-order valence-electron chi connectivity index (χ2n) is 11.2. The van der Waals surface area contributed by atoms with E-state index in [1.807, 2.05) is 6.07 Å². The largest absolute Gasteiger partial charge is 0.464 e. The minimum Gasteiger partial charge on any atom is -0.464 e. The maximum Gasteiger partial charge on any atom is 0.356 e. The van der Waals surface area contributed by atoms with E-state index >= 15 is 0 Å². The van der Waals surface area contributed by atoms with Gasteiger partial charge in [0.2, 0.25) is 0 Å². The van der Waals surface area contributed by atoms with Crippen LogP contribution < -0.4 is 4.90 Å². The first kappa shape index (κ1) is 27.1.